The first-order valence-corrected chi connectivity index (χ1v) is 6.50. The molecule has 1 aliphatic rings. The van der Waals surface area contributed by atoms with E-state index in [1.54, 1.807) is 13.8 Å². The van der Waals surface area contributed by atoms with Gasteiger partial charge in [0.1, 0.15) is 12.5 Å². The van der Waals surface area contributed by atoms with Crippen molar-refractivity contribution in [2.45, 2.75) is 20.0 Å². The Morgan fingerprint density at radius 2 is 1.93 bits per heavy atom. The van der Waals surface area contributed by atoms with Crippen molar-refractivity contribution in [2.24, 2.45) is 0 Å². The topological polar surface area (TPSA) is 57.3 Å². The molecule has 0 aromatic carbocycles. The Hall–Kier alpha value is 0.0700. The van der Waals surface area contributed by atoms with Gasteiger partial charge in [0.15, 0.2) is 0 Å². The van der Waals surface area contributed by atoms with Crippen molar-refractivity contribution in [3.63, 3.8) is 0 Å². The van der Waals surface area contributed by atoms with Crippen LogP contribution in [0.25, 0.3) is 0 Å². The molecule has 1 heterocycles. The number of rotatable bonds is 8. The molecule has 1 fully saturated rings. The summed E-state index contributed by atoms with van der Waals surface area (Å²) in [7, 11) is -3.03. The second kappa shape index (κ2) is 5.83. The summed E-state index contributed by atoms with van der Waals surface area (Å²) >= 11 is 0. The van der Waals surface area contributed by atoms with Gasteiger partial charge in [0, 0.05) is 0 Å². The van der Waals surface area contributed by atoms with Gasteiger partial charge < -0.3 is 18.5 Å². The molecule has 5 nitrogen and oxygen atoms in total. The van der Waals surface area contributed by atoms with Crippen LogP contribution in [-0.4, -0.2) is 38.9 Å². The van der Waals surface area contributed by atoms with Gasteiger partial charge in [0.05, 0.1) is 26.4 Å². The summed E-state index contributed by atoms with van der Waals surface area (Å²) < 4.78 is 32.0. The van der Waals surface area contributed by atoms with E-state index in [1.807, 2.05) is 0 Å². The first-order chi connectivity index (χ1) is 6.70. The molecular formula is C8H17O5P. The second-order valence-corrected chi connectivity index (χ2v) is 4.90. The van der Waals surface area contributed by atoms with Gasteiger partial charge >= 0.3 is 7.60 Å². The Kier molecular flexibility index (Phi) is 5.06. The van der Waals surface area contributed by atoms with Crippen LogP contribution in [0, 0.1) is 0 Å². The van der Waals surface area contributed by atoms with Gasteiger partial charge in [0.2, 0.25) is 0 Å². The first-order valence-electron chi connectivity index (χ1n) is 4.77. The third-order valence-electron chi connectivity index (χ3n) is 1.61. The highest BCUT2D eigenvalue weighted by molar-refractivity contribution is 7.53. The van der Waals surface area contributed by atoms with Gasteiger partial charge in [-0.3, -0.25) is 4.57 Å². The Balaban J connectivity index is 2.21. The first kappa shape index (κ1) is 12.1. The lowest BCUT2D eigenvalue weighted by Crippen LogP contribution is -2.07. The van der Waals surface area contributed by atoms with E-state index in [2.05, 4.69) is 0 Å². The summed E-state index contributed by atoms with van der Waals surface area (Å²) in [6.07, 6.45) is 0.181. The summed E-state index contributed by atoms with van der Waals surface area (Å²) in [5.41, 5.74) is 0. The lowest BCUT2D eigenvalue weighted by molar-refractivity contribution is 0.119. The number of ether oxygens (including phenoxy) is 2. The van der Waals surface area contributed by atoms with Crippen molar-refractivity contribution in [3.8, 4) is 0 Å². The molecule has 0 amide bonds. The van der Waals surface area contributed by atoms with Crippen LogP contribution in [0.1, 0.15) is 13.8 Å². The fourth-order valence-corrected chi connectivity index (χ4v) is 2.30. The van der Waals surface area contributed by atoms with Crippen LogP contribution < -0.4 is 0 Å². The van der Waals surface area contributed by atoms with Crippen molar-refractivity contribution in [2.75, 3.05) is 32.8 Å². The lowest BCUT2D eigenvalue weighted by atomic mass is 10.5. The predicted octanol–water partition coefficient (Wildman–Crippen LogP) is 1.63. The minimum atomic E-state index is -3.03. The zero-order valence-electron chi connectivity index (χ0n) is 8.60. The molecule has 6 heteroatoms. The van der Waals surface area contributed by atoms with E-state index in [9.17, 15) is 4.57 Å². The van der Waals surface area contributed by atoms with Crippen LogP contribution in [0.15, 0.2) is 0 Å². The number of hydrogen-bond donors (Lipinski definition) is 0. The second-order valence-electron chi connectivity index (χ2n) is 2.90. The van der Waals surface area contributed by atoms with Crippen molar-refractivity contribution >= 4 is 7.60 Å². The van der Waals surface area contributed by atoms with Gasteiger partial charge in [-0.25, -0.2) is 0 Å². The third kappa shape index (κ3) is 4.53. The minimum absolute atomic E-state index is 0.00847. The van der Waals surface area contributed by atoms with Gasteiger partial charge in [0.25, 0.3) is 0 Å². The lowest BCUT2D eigenvalue weighted by Gasteiger charge is -2.16. The summed E-state index contributed by atoms with van der Waals surface area (Å²) in [4.78, 5) is 0. The molecule has 1 atom stereocenters. The molecule has 0 spiro atoms. The maximum atomic E-state index is 11.8. The molecule has 14 heavy (non-hydrogen) atoms. The molecule has 0 bridgehead atoms. The fourth-order valence-electron chi connectivity index (χ4n) is 0.965. The maximum absolute atomic E-state index is 11.8. The van der Waals surface area contributed by atoms with E-state index in [1.165, 1.54) is 0 Å². The largest absolute Gasteiger partial charge is 0.371 e. The Bertz CT molecular complexity index is 194. The third-order valence-corrected chi connectivity index (χ3v) is 3.41. The summed E-state index contributed by atoms with van der Waals surface area (Å²) in [5, 5.41) is 0. The monoisotopic (exact) mass is 224 g/mol. The van der Waals surface area contributed by atoms with Crippen LogP contribution in [-0.2, 0) is 23.1 Å². The van der Waals surface area contributed by atoms with E-state index in [0.717, 1.165) is 6.61 Å². The average molecular weight is 224 g/mol. The molecule has 0 radical (unpaired) electrons. The van der Waals surface area contributed by atoms with E-state index in [0.29, 0.717) is 19.8 Å². The highest BCUT2D eigenvalue weighted by atomic mass is 31.2. The highest BCUT2D eigenvalue weighted by Crippen LogP contribution is 2.47. The van der Waals surface area contributed by atoms with Gasteiger partial charge in [-0.2, -0.15) is 0 Å². The normalized spacial score (nSPS) is 21.1. The van der Waals surface area contributed by atoms with Crippen LogP contribution in [0.2, 0.25) is 0 Å². The molecule has 0 N–H and O–H groups in total. The highest BCUT2D eigenvalue weighted by Gasteiger charge is 2.27. The van der Waals surface area contributed by atoms with Crippen molar-refractivity contribution < 1.29 is 23.1 Å². The van der Waals surface area contributed by atoms with Crippen LogP contribution in [0.3, 0.4) is 0 Å². The van der Waals surface area contributed by atoms with Crippen LogP contribution in [0.4, 0.5) is 0 Å². The maximum Gasteiger partial charge on any atom is 0.356 e. The molecule has 0 aliphatic carbocycles. The van der Waals surface area contributed by atoms with E-state index in [-0.39, 0.29) is 12.5 Å². The van der Waals surface area contributed by atoms with E-state index in [4.69, 9.17) is 18.5 Å². The summed E-state index contributed by atoms with van der Waals surface area (Å²) in [6, 6.07) is 0. The zero-order chi connectivity index (χ0) is 10.4. The Morgan fingerprint density at radius 1 is 1.36 bits per heavy atom. The average Bonchev–Trinajstić information content (AvgIpc) is 2.89. The Morgan fingerprint density at radius 3 is 2.36 bits per heavy atom. The predicted molar refractivity (Wildman–Crippen MR) is 51.4 cm³/mol. The van der Waals surface area contributed by atoms with E-state index >= 15 is 0 Å². The molecular weight excluding hydrogens is 207 g/mol. The molecule has 0 aromatic heterocycles. The molecule has 0 saturated carbocycles. The smallest absolute Gasteiger partial charge is 0.356 e. The fraction of sp³-hybridized carbons (Fsp3) is 1.00. The SMILES string of the molecule is CCOP(=O)(COCC1CO1)OCC. The molecule has 1 unspecified atom stereocenters. The van der Waals surface area contributed by atoms with Crippen molar-refractivity contribution in [1.29, 1.82) is 0 Å². The summed E-state index contributed by atoms with van der Waals surface area (Å²) in [6.45, 7) is 5.46. The molecule has 1 saturated heterocycles. The minimum Gasteiger partial charge on any atom is -0.371 e. The Labute approximate surface area is 84.2 Å². The zero-order valence-corrected chi connectivity index (χ0v) is 9.50. The number of hydrogen-bond acceptors (Lipinski definition) is 5. The van der Waals surface area contributed by atoms with Crippen molar-refractivity contribution in [3.05, 3.63) is 0 Å². The molecule has 84 valence electrons. The van der Waals surface area contributed by atoms with Crippen molar-refractivity contribution in [1.82, 2.24) is 0 Å². The van der Waals surface area contributed by atoms with Crippen LogP contribution in [0.5, 0.6) is 0 Å². The standard InChI is InChI=1S/C8H17O5P/c1-3-12-14(9,13-4-2)7-10-5-8-6-11-8/h8H,3-7H2,1-2H3. The van der Waals surface area contributed by atoms with Gasteiger partial charge in [-0.15, -0.1) is 0 Å². The molecule has 1 aliphatic heterocycles. The molecule has 1 rings (SSSR count). The molecule has 0 aromatic rings. The quantitative estimate of drug-likeness (QED) is 0.463. The van der Waals surface area contributed by atoms with Crippen LogP contribution >= 0.6 is 7.60 Å². The number of epoxide rings is 1. The summed E-state index contributed by atoms with van der Waals surface area (Å²) in [5.74, 6) is 0. The van der Waals surface area contributed by atoms with Gasteiger partial charge in [-0.1, -0.05) is 0 Å². The van der Waals surface area contributed by atoms with E-state index < -0.39 is 7.60 Å². The van der Waals surface area contributed by atoms with Gasteiger partial charge in [-0.05, 0) is 13.8 Å².